The van der Waals surface area contributed by atoms with E-state index in [1.165, 1.54) is 31.4 Å². The van der Waals surface area contributed by atoms with Crippen molar-refractivity contribution in [2.24, 2.45) is 11.8 Å². The molecule has 6 heteroatoms. The van der Waals surface area contributed by atoms with Crippen LogP contribution in [0.1, 0.15) is 88.3 Å². The number of carbonyl (C=O) groups is 1. The van der Waals surface area contributed by atoms with E-state index in [0.29, 0.717) is 37.2 Å². The van der Waals surface area contributed by atoms with Crippen molar-refractivity contribution < 1.29 is 27.1 Å². The number of hydrogen-bond donors (Lipinski definition) is 0. The van der Waals surface area contributed by atoms with Gasteiger partial charge in [-0.15, -0.1) is 0 Å². The van der Waals surface area contributed by atoms with Crippen molar-refractivity contribution in [1.29, 1.82) is 0 Å². The van der Waals surface area contributed by atoms with Crippen molar-refractivity contribution in [2.75, 3.05) is 0 Å². The van der Waals surface area contributed by atoms with Crippen LogP contribution in [0.5, 0.6) is 5.75 Å². The number of hydrogen-bond acceptors (Lipinski definition) is 2. The van der Waals surface area contributed by atoms with Crippen LogP contribution in [-0.2, 0) is 23.6 Å². The molecule has 0 aliphatic heterocycles. The molecule has 2 aliphatic carbocycles. The summed E-state index contributed by atoms with van der Waals surface area (Å²) in [6, 6.07) is 5.69. The fraction of sp³-hybridized carbons (Fsp3) is 0.552. The highest BCUT2D eigenvalue weighted by Crippen LogP contribution is 2.49. The standard InChI is InChI=1S/C29H34F4O2/c1-3-5-6-8-18-9-11-20(12-10-18)28(34)35-24-16-15-22-21-14-13-19(7-4-2)26(30)23(21)17-29(32,33)25(22)27(24)31/h13-16,18,20H,3-12,17H2,1-2H3. The fourth-order valence-corrected chi connectivity index (χ4v) is 5.65. The van der Waals surface area contributed by atoms with Crippen LogP contribution in [0.25, 0.3) is 11.1 Å². The van der Waals surface area contributed by atoms with Gasteiger partial charge in [0, 0.05) is 12.0 Å². The maximum absolute atomic E-state index is 15.4. The largest absolute Gasteiger partial charge is 0.423 e. The van der Waals surface area contributed by atoms with Gasteiger partial charge in [-0.05, 0) is 66.8 Å². The molecule has 0 N–H and O–H groups in total. The van der Waals surface area contributed by atoms with Gasteiger partial charge in [0.05, 0.1) is 11.5 Å². The highest BCUT2D eigenvalue weighted by molar-refractivity contribution is 5.78. The number of carbonyl (C=O) groups excluding carboxylic acids is 1. The Balaban J connectivity index is 1.53. The van der Waals surface area contributed by atoms with Crippen molar-refractivity contribution in [2.45, 2.75) is 90.4 Å². The van der Waals surface area contributed by atoms with E-state index in [1.54, 1.807) is 12.1 Å². The van der Waals surface area contributed by atoms with Gasteiger partial charge in [0.2, 0.25) is 0 Å². The minimum absolute atomic E-state index is 0.0527. The molecule has 2 nitrogen and oxygen atoms in total. The van der Waals surface area contributed by atoms with Crippen molar-refractivity contribution in [3.63, 3.8) is 0 Å². The normalized spacial score (nSPS) is 20.7. The Bertz CT molecular complexity index is 1070. The number of fused-ring (bicyclic) bond motifs is 3. The minimum Gasteiger partial charge on any atom is -0.423 e. The van der Waals surface area contributed by atoms with E-state index in [9.17, 15) is 9.18 Å². The molecule has 0 radical (unpaired) electrons. The van der Waals surface area contributed by atoms with Crippen LogP contribution in [0.2, 0.25) is 0 Å². The van der Waals surface area contributed by atoms with Gasteiger partial charge in [0.15, 0.2) is 11.6 Å². The first kappa shape index (κ1) is 25.7. The van der Waals surface area contributed by atoms with Crippen molar-refractivity contribution in [3.8, 4) is 16.9 Å². The van der Waals surface area contributed by atoms with E-state index in [-0.39, 0.29) is 22.6 Å². The first-order valence-corrected chi connectivity index (χ1v) is 13.0. The second kappa shape index (κ2) is 10.7. The molecule has 1 saturated carbocycles. The summed E-state index contributed by atoms with van der Waals surface area (Å²) in [4.78, 5) is 12.7. The van der Waals surface area contributed by atoms with Gasteiger partial charge in [-0.3, -0.25) is 4.79 Å². The molecule has 2 aromatic rings. The number of alkyl halides is 2. The first-order chi connectivity index (χ1) is 16.8. The molecule has 0 saturated heterocycles. The van der Waals surface area contributed by atoms with Gasteiger partial charge in [-0.2, -0.15) is 0 Å². The Morgan fingerprint density at radius 2 is 1.66 bits per heavy atom. The lowest BCUT2D eigenvalue weighted by atomic mass is 9.79. The number of unbranched alkanes of at least 4 members (excludes halogenated alkanes) is 2. The second-order valence-electron chi connectivity index (χ2n) is 10.1. The van der Waals surface area contributed by atoms with Crippen LogP contribution in [0, 0.1) is 23.5 Å². The second-order valence-corrected chi connectivity index (χ2v) is 10.1. The van der Waals surface area contributed by atoms with Crippen LogP contribution in [0.4, 0.5) is 17.6 Å². The molecule has 35 heavy (non-hydrogen) atoms. The molecule has 0 spiro atoms. The third kappa shape index (κ3) is 5.26. The van der Waals surface area contributed by atoms with Gasteiger partial charge >= 0.3 is 5.97 Å². The summed E-state index contributed by atoms with van der Waals surface area (Å²) in [7, 11) is 0. The van der Waals surface area contributed by atoms with E-state index < -0.39 is 41.3 Å². The Labute approximate surface area is 205 Å². The lowest BCUT2D eigenvalue weighted by Crippen LogP contribution is -2.28. The van der Waals surface area contributed by atoms with Crippen molar-refractivity contribution in [1.82, 2.24) is 0 Å². The lowest BCUT2D eigenvalue weighted by molar-refractivity contribution is -0.140. The Kier molecular flexibility index (Phi) is 7.87. The highest BCUT2D eigenvalue weighted by atomic mass is 19.3. The molecular weight excluding hydrogens is 456 g/mol. The maximum Gasteiger partial charge on any atom is 0.314 e. The summed E-state index contributed by atoms with van der Waals surface area (Å²) >= 11 is 0. The van der Waals surface area contributed by atoms with Crippen LogP contribution < -0.4 is 4.74 Å². The van der Waals surface area contributed by atoms with E-state index in [1.807, 2.05) is 6.92 Å². The molecule has 2 aliphatic rings. The quantitative estimate of drug-likeness (QED) is 0.160. The molecule has 0 aromatic heterocycles. The molecular formula is C29H34F4O2. The number of halogens is 4. The third-order valence-corrected chi connectivity index (χ3v) is 7.61. The summed E-state index contributed by atoms with van der Waals surface area (Å²) in [6.07, 6.45) is 8.14. The Morgan fingerprint density at radius 1 is 0.943 bits per heavy atom. The van der Waals surface area contributed by atoms with Crippen LogP contribution >= 0.6 is 0 Å². The summed E-state index contributed by atoms with van der Waals surface area (Å²) in [5.41, 5.74) is -0.313. The predicted molar refractivity (Wildman–Crippen MR) is 129 cm³/mol. The molecule has 0 bridgehead atoms. The predicted octanol–water partition coefficient (Wildman–Crippen LogP) is 8.52. The van der Waals surface area contributed by atoms with Crippen molar-refractivity contribution in [3.05, 3.63) is 52.6 Å². The molecule has 1 fully saturated rings. The average molecular weight is 491 g/mol. The van der Waals surface area contributed by atoms with Crippen molar-refractivity contribution >= 4 is 5.97 Å². The maximum atomic E-state index is 15.4. The van der Waals surface area contributed by atoms with Gasteiger partial charge in [0.1, 0.15) is 5.82 Å². The molecule has 0 heterocycles. The minimum atomic E-state index is -3.61. The molecule has 0 amide bonds. The average Bonchev–Trinajstić information content (AvgIpc) is 2.83. The Morgan fingerprint density at radius 3 is 2.34 bits per heavy atom. The number of rotatable bonds is 8. The summed E-state index contributed by atoms with van der Waals surface area (Å²) in [5, 5.41) is 0. The highest BCUT2D eigenvalue weighted by Gasteiger charge is 2.44. The summed E-state index contributed by atoms with van der Waals surface area (Å²) < 4.78 is 65.9. The van der Waals surface area contributed by atoms with E-state index in [2.05, 4.69) is 6.92 Å². The van der Waals surface area contributed by atoms with Crippen LogP contribution in [0.15, 0.2) is 24.3 Å². The third-order valence-electron chi connectivity index (χ3n) is 7.61. The fourth-order valence-electron chi connectivity index (χ4n) is 5.65. The van der Waals surface area contributed by atoms with E-state index in [4.69, 9.17) is 4.74 Å². The van der Waals surface area contributed by atoms with Crippen LogP contribution in [-0.4, -0.2) is 5.97 Å². The van der Waals surface area contributed by atoms with Gasteiger partial charge in [-0.25, -0.2) is 17.6 Å². The van der Waals surface area contributed by atoms with Gasteiger partial charge in [-0.1, -0.05) is 58.1 Å². The topological polar surface area (TPSA) is 26.3 Å². The number of ether oxygens (including phenoxy) is 1. The number of aryl methyl sites for hydroxylation is 1. The first-order valence-electron chi connectivity index (χ1n) is 13.0. The monoisotopic (exact) mass is 490 g/mol. The van der Waals surface area contributed by atoms with Crippen LogP contribution in [0.3, 0.4) is 0 Å². The molecule has 0 atom stereocenters. The lowest BCUT2D eigenvalue weighted by Gasteiger charge is -2.30. The molecule has 4 rings (SSSR count). The zero-order valence-electron chi connectivity index (χ0n) is 20.6. The zero-order valence-corrected chi connectivity index (χ0v) is 20.6. The number of benzene rings is 2. The summed E-state index contributed by atoms with van der Waals surface area (Å²) in [6.45, 7) is 4.06. The molecule has 2 aromatic carbocycles. The molecule has 190 valence electrons. The van der Waals surface area contributed by atoms with Gasteiger partial charge < -0.3 is 4.74 Å². The summed E-state index contributed by atoms with van der Waals surface area (Å²) in [5.74, 6) is -6.29. The SMILES string of the molecule is CCCCCC1CCC(C(=O)Oc2ccc3c(c2F)C(F)(F)Cc2c-3ccc(CCC)c2F)CC1. The van der Waals surface area contributed by atoms with Gasteiger partial charge in [0.25, 0.3) is 5.92 Å². The zero-order chi connectivity index (χ0) is 25.2. The smallest absolute Gasteiger partial charge is 0.314 e. The molecule has 0 unspecified atom stereocenters. The number of esters is 1. The van der Waals surface area contributed by atoms with E-state index >= 15 is 13.2 Å². The Hall–Kier alpha value is -2.37. The van der Waals surface area contributed by atoms with E-state index in [0.717, 1.165) is 19.3 Å².